The molecular weight excluding hydrogens is 230 g/mol. The Kier molecular flexibility index (Phi) is 2.53. The summed E-state index contributed by atoms with van der Waals surface area (Å²) in [4.78, 5) is 26.0. The second-order valence-electron chi connectivity index (χ2n) is 3.85. The predicted molar refractivity (Wildman–Crippen MR) is 65.9 cm³/mol. The third-order valence-corrected chi connectivity index (χ3v) is 2.65. The number of benzene rings is 1. The van der Waals surface area contributed by atoms with Crippen LogP contribution in [0.15, 0.2) is 36.9 Å². The van der Waals surface area contributed by atoms with Crippen molar-refractivity contribution in [1.29, 1.82) is 0 Å². The Hall–Kier alpha value is -2.63. The summed E-state index contributed by atoms with van der Waals surface area (Å²) in [6.07, 6.45) is 4.98. The van der Waals surface area contributed by atoms with E-state index >= 15 is 0 Å². The lowest BCUT2D eigenvalue weighted by molar-refractivity contribution is 0.0950. The number of nitrogens with one attached hydrogen (secondary N) is 3. The van der Waals surface area contributed by atoms with E-state index in [1.54, 1.807) is 30.9 Å². The predicted octanol–water partition coefficient (Wildman–Crippen LogP) is 1.22. The summed E-state index contributed by atoms with van der Waals surface area (Å²) < 4.78 is 0. The summed E-state index contributed by atoms with van der Waals surface area (Å²) in [7, 11) is 0. The lowest BCUT2D eigenvalue weighted by Crippen LogP contribution is -2.23. The Bertz CT molecular complexity index is 671. The maximum atomic E-state index is 11.9. The summed E-state index contributed by atoms with van der Waals surface area (Å²) >= 11 is 0. The lowest BCUT2D eigenvalue weighted by Gasteiger charge is -2.03. The minimum atomic E-state index is -0.136. The quantitative estimate of drug-likeness (QED) is 0.644. The Morgan fingerprint density at radius 2 is 2.22 bits per heavy atom. The van der Waals surface area contributed by atoms with Gasteiger partial charge in [-0.3, -0.25) is 4.79 Å². The van der Waals surface area contributed by atoms with E-state index in [4.69, 9.17) is 0 Å². The smallest absolute Gasteiger partial charge is 0.251 e. The van der Waals surface area contributed by atoms with Crippen molar-refractivity contribution < 1.29 is 4.79 Å². The number of hydrogen-bond acceptors (Lipinski definition) is 3. The fourth-order valence-electron chi connectivity index (χ4n) is 1.74. The SMILES string of the molecule is O=C(NCc1ncc[nH]1)c1ccc2nc[nH]c2c1. The van der Waals surface area contributed by atoms with Crippen molar-refractivity contribution in [2.75, 3.05) is 0 Å². The van der Waals surface area contributed by atoms with E-state index in [1.165, 1.54) is 0 Å². The van der Waals surface area contributed by atoms with Gasteiger partial charge in [-0.15, -0.1) is 0 Å². The summed E-state index contributed by atoms with van der Waals surface area (Å²) in [6, 6.07) is 5.34. The van der Waals surface area contributed by atoms with Crippen LogP contribution in [0.1, 0.15) is 16.2 Å². The first kappa shape index (κ1) is 10.5. The molecule has 0 saturated heterocycles. The molecule has 6 heteroatoms. The number of H-pyrrole nitrogens is 2. The van der Waals surface area contributed by atoms with E-state index in [0.29, 0.717) is 12.1 Å². The topological polar surface area (TPSA) is 86.5 Å². The van der Waals surface area contributed by atoms with Crippen molar-refractivity contribution >= 4 is 16.9 Å². The summed E-state index contributed by atoms with van der Waals surface area (Å²) in [5.74, 6) is 0.592. The monoisotopic (exact) mass is 241 g/mol. The molecule has 2 aromatic heterocycles. The molecule has 18 heavy (non-hydrogen) atoms. The van der Waals surface area contributed by atoms with Crippen LogP contribution in [0.2, 0.25) is 0 Å². The number of amides is 1. The molecule has 0 unspecified atom stereocenters. The first-order chi connectivity index (χ1) is 8.83. The van der Waals surface area contributed by atoms with Crippen molar-refractivity contribution in [2.24, 2.45) is 0 Å². The van der Waals surface area contributed by atoms with Gasteiger partial charge in [-0.05, 0) is 18.2 Å². The highest BCUT2D eigenvalue weighted by Gasteiger charge is 2.07. The molecule has 6 nitrogen and oxygen atoms in total. The lowest BCUT2D eigenvalue weighted by atomic mass is 10.2. The van der Waals surface area contributed by atoms with Crippen LogP contribution in [-0.4, -0.2) is 25.8 Å². The van der Waals surface area contributed by atoms with Gasteiger partial charge in [-0.2, -0.15) is 0 Å². The van der Waals surface area contributed by atoms with Crippen molar-refractivity contribution in [2.45, 2.75) is 6.54 Å². The standard InChI is InChI=1S/C12H11N5O/c18-12(15-6-11-13-3-4-14-11)8-1-2-9-10(5-8)17-7-16-9/h1-5,7H,6H2,(H,13,14)(H,15,18)(H,16,17). The van der Waals surface area contributed by atoms with E-state index in [1.807, 2.05) is 6.07 Å². The number of carbonyl (C=O) groups excluding carboxylic acids is 1. The van der Waals surface area contributed by atoms with E-state index in [0.717, 1.165) is 16.9 Å². The molecule has 1 aromatic carbocycles. The molecule has 0 aliphatic rings. The molecule has 0 saturated carbocycles. The number of fused-ring (bicyclic) bond motifs is 1. The zero-order chi connectivity index (χ0) is 12.4. The molecular formula is C12H11N5O. The average Bonchev–Trinajstić information content (AvgIpc) is 3.05. The number of aromatic amines is 2. The summed E-state index contributed by atoms with van der Waals surface area (Å²) in [5, 5.41) is 2.79. The summed E-state index contributed by atoms with van der Waals surface area (Å²) in [6.45, 7) is 0.382. The molecule has 1 amide bonds. The van der Waals surface area contributed by atoms with Gasteiger partial charge >= 0.3 is 0 Å². The Balaban J connectivity index is 1.75. The molecule has 0 atom stereocenters. The number of aromatic nitrogens is 4. The van der Waals surface area contributed by atoms with Crippen LogP contribution >= 0.6 is 0 Å². The van der Waals surface area contributed by atoms with E-state index in [-0.39, 0.29) is 5.91 Å². The average molecular weight is 241 g/mol. The van der Waals surface area contributed by atoms with Crippen molar-refractivity contribution in [3.05, 3.63) is 48.3 Å². The molecule has 2 heterocycles. The Morgan fingerprint density at radius 1 is 1.28 bits per heavy atom. The zero-order valence-electron chi connectivity index (χ0n) is 9.47. The van der Waals surface area contributed by atoms with Crippen LogP contribution in [0.25, 0.3) is 11.0 Å². The van der Waals surface area contributed by atoms with E-state index in [2.05, 4.69) is 25.3 Å². The zero-order valence-corrected chi connectivity index (χ0v) is 9.47. The molecule has 0 radical (unpaired) electrons. The second-order valence-corrected chi connectivity index (χ2v) is 3.85. The molecule has 0 aliphatic heterocycles. The van der Waals surface area contributed by atoms with E-state index in [9.17, 15) is 4.79 Å². The minimum absolute atomic E-state index is 0.136. The number of hydrogen-bond donors (Lipinski definition) is 3. The van der Waals surface area contributed by atoms with Gasteiger partial charge in [0, 0.05) is 18.0 Å². The first-order valence-corrected chi connectivity index (χ1v) is 5.52. The Labute approximate surface area is 102 Å². The molecule has 3 N–H and O–H groups in total. The van der Waals surface area contributed by atoms with Crippen molar-refractivity contribution in [1.82, 2.24) is 25.3 Å². The van der Waals surface area contributed by atoms with Gasteiger partial charge in [-0.1, -0.05) is 0 Å². The highest BCUT2D eigenvalue weighted by atomic mass is 16.1. The number of imidazole rings is 2. The third-order valence-electron chi connectivity index (χ3n) is 2.65. The van der Waals surface area contributed by atoms with Crippen LogP contribution < -0.4 is 5.32 Å². The summed E-state index contributed by atoms with van der Waals surface area (Å²) in [5.41, 5.74) is 2.29. The largest absolute Gasteiger partial charge is 0.347 e. The normalized spacial score (nSPS) is 10.7. The van der Waals surface area contributed by atoms with Crippen LogP contribution in [0.4, 0.5) is 0 Å². The van der Waals surface area contributed by atoms with Crippen LogP contribution in [0.5, 0.6) is 0 Å². The molecule has 0 aliphatic carbocycles. The van der Waals surface area contributed by atoms with Gasteiger partial charge in [0.1, 0.15) is 5.82 Å². The molecule has 0 spiro atoms. The third kappa shape index (κ3) is 1.95. The molecule has 3 aromatic rings. The van der Waals surface area contributed by atoms with Crippen molar-refractivity contribution in [3.8, 4) is 0 Å². The van der Waals surface area contributed by atoms with Gasteiger partial charge in [-0.25, -0.2) is 9.97 Å². The Morgan fingerprint density at radius 3 is 3.06 bits per heavy atom. The minimum Gasteiger partial charge on any atom is -0.347 e. The second kappa shape index (κ2) is 4.33. The van der Waals surface area contributed by atoms with Crippen LogP contribution in [0.3, 0.4) is 0 Å². The van der Waals surface area contributed by atoms with E-state index < -0.39 is 0 Å². The van der Waals surface area contributed by atoms with Crippen molar-refractivity contribution in [3.63, 3.8) is 0 Å². The number of nitrogens with zero attached hydrogens (tertiary/aromatic N) is 2. The highest BCUT2D eigenvalue weighted by molar-refractivity contribution is 5.97. The number of carbonyl (C=O) groups is 1. The number of rotatable bonds is 3. The fraction of sp³-hybridized carbons (Fsp3) is 0.0833. The maximum absolute atomic E-state index is 11.9. The molecule has 0 bridgehead atoms. The van der Waals surface area contributed by atoms with Gasteiger partial charge in [0.15, 0.2) is 0 Å². The van der Waals surface area contributed by atoms with Crippen LogP contribution in [-0.2, 0) is 6.54 Å². The van der Waals surface area contributed by atoms with Gasteiger partial charge in [0.05, 0.1) is 23.9 Å². The molecule has 90 valence electrons. The van der Waals surface area contributed by atoms with Gasteiger partial charge < -0.3 is 15.3 Å². The first-order valence-electron chi connectivity index (χ1n) is 5.52. The maximum Gasteiger partial charge on any atom is 0.251 e. The highest BCUT2D eigenvalue weighted by Crippen LogP contribution is 2.11. The fourth-order valence-corrected chi connectivity index (χ4v) is 1.74. The van der Waals surface area contributed by atoms with Gasteiger partial charge in [0.2, 0.25) is 0 Å². The van der Waals surface area contributed by atoms with Crippen LogP contribution in [0, 0.1) is 0 Å². The molecule has 3 rings (SSSR count). The molecule has 0 fully saturated rings. The van der Waals surface area contributed by atoms with Gasteiger partial charge in [0.25, 0.3) is 5.91 Å².